The zero-order valence-electron chi connectivity index (χ0n) is 22.6. The fourth-order valence-corrected chi connectivity index (χ4v) is 5.13. The molecule has 2 aliphatic rings. The molecule has 1 unspecified atom stereocenters. The maximum atomic E-state index is 12.9. The van der Waals surface area contributed by atoms with E-state index < -0.39 is 22.8 Å². The number of carbonyl (C=O) groups excluding carboxylic acids is 2. The van der Waals surface area contributed by atoms with Gasteiger partial charge in [0.25, 0.3) is 0 Å². The first-order valence-corrected chi connectivity index (χ1v) is 13.2. The van der Waals surface area contributed by atoms with Crippen LogP contribution in [0.3, 0.4) is 0 Å². The molecule has 0 saturated carbocycles. The van der Waals surface area contributed by atoms with E-state index in [0.29, 0.717) is 11.4 Å². The molecule has 2 aromatic carbocycles. The summed E-state index contributed by atoms with van der Waals surface area (Å²) in [4.78, 5) is 28.1. The van der Waals surface area contributed by atoms with Crippen molar-refractivity contribution in [2.24, 2.45) is 10.8 Å². The van der Waals surface area contributed by atoms with Crippen molar-refractivity contribution in [2.45, 2.75) is 73.1 Å². The summed E-state index contributed by atoms with van der Waals surface area (Å²) < 4.78 is 11.7. The number of nitrogens with zero attached hydrogens (tertiary/aromatic N) is 1. The van der Waals surface area contributed by atoms with Gasteiger partial charge in [0.2, 0.25) is 0 Å². The van der Waals surface area contributed by atoms with E-state index in [1.54, 1.807) is 41.5 Å². The molecule has 194 valence electrons. The van der Waals surface area contributed by atoms with E-state index in [1.165, 1.54) is 23.1 Å². The Morgan fingerprint density at radius 1 is 0.917 bits per heavy atom. The van der Waals surface area contributed by atoms with E-state index in [9.17, 15) is 9.59 Å². The summed E-state index contributed by atoms with van der Waals surface area (Å²) in [5.41, 5.74) is 4.58. The van der Waals surface area contributed by atoms with Gasteiger partial charge in [-0.1, -0.05) is 29.8 Å². The van der Waals surface area contributed by atoms with Crippen LogP contribution < -0.4 is 9.47 Å². The van der Waals surface area contributed by atoms with Crippen LogP contribution in [-0.4, -0.2) is 37.0 Å². The first-order valence-electron chi connectivity index (χ1n) is 12.9. The molecule has 1 aliphatic carbocycles. The minimum atomic E-state index is -0.741. The molecular weight excluding hydrogens is 474 g/mol. The normalized spacial score (nSPS) is 18.3. The van der Waals surface area contributed by atoms with E-state index in [0.717, 1.165) is 37.1 Å². The summed E-state index contributed by atoms with van der Waals surface area (Å²) >= 11 is 7.00. The summed E-state index contributed by atoms with van der Waals surface area (Å²) in [5, 5.41) is 0.350. The van der Waals surface area contributed by atoms with E-state index >= 15 is 0 Å². The molecule has 0 aromatic heterocycles. The SMILES string of the molecule is CN1CCc2c(cc(OC(=O)C(C)(C)C)c(OC(=O)C(C)(C)C)c2Cl)C(c2ccc3c(c2)CCC3)C1. The number of hydrogen-bond donors (Lipinski definition) is 0. The number of carbonyl (C=O) groups is 2. The predicted molar refractivity (Wildman–Crippen MR) is 143 cm³/mol. The van der Waals surface area contributed by atoms with Crippen molar-refractivity contribution >= 4 is 23.5 Å². The van der Waals surface area contributed by atoms with Crippen molar-refractivity contribution in [2.75, 3.05) is 20.1 Å². The number of halogens is 1. The summed E-state index contributed by atoms with van der Waals surface area (Å²) in [6, 6.07) is 8.69. The van der Waals surface area contributed by atoms with Gasteiger partial charge >= 0.3 is 11.9 Å². The topological polar surface area (TPSA) is 55.8 Å². The molecule has 0 N–H and O–H groups in total. The lowest BCUT2D eigenvalue weighted by Gasteiger charge is -2.26. The van der Waals surface area contributed by atoms with Crippen LogP contribution in [0.15, 0.2) is 24.3 Å². The lowest BCUT2D eigenvalue weighted by molar-refractivity contribution is -0.145. The number of benzene rings is 2. The maximum absolute atomic E-state index is 12.9. The fourth-order valence-electron chi connectivity index (χ4n) is 4.80. The van der Waals surface area contributed by atoms with E-state index in [1.807, 2.05) is 6.07 Å². The molecule has 6 heteroatoms. The van der Waals surface area contributed by atoms with Gasteiger partial charge in [-0.15, -0.1) is 0 Å². The summed E-state index contributed by atoms with van der Waals surface area (Å²) in [7, 11) is 2.11. The first kappa shape index (κ1) is 26.7. The Kier molecular flexibility index (Phi) is 7.29. The van der Waals surface area contributed by atoms with Crippen LogP contribution in [0.5, 0.6) is 11.5 Å². The molecule has 2 aromatic rings. The second-order valence-corrected chi connectivity index (χ2v) is 12.7. The molecular formula is C30H38ClNO4. The Morgan fingerprint density at radius 2 is 1.56 bits per heavy atom. The van der Waals surface area contributed by atoms with Crippen molar-refractivity contribution in [3.63, 3.8) is 0 Å². The molecule has 4 rings (SSSR count). The fraction of sp³-hybridized carbons (Fsp3) is 0.533. The average molecular weight is 512 g/mol. The Labute approximate surface area is 220 Å². The van der Waals surface area contributed by atoms with Gasteiger partial charge in [-0.3, -0.25) is 9.59 Å². The van der Waals surface area contributed by atoms with Gasteiger partial charge in [0.05, 0.1) is 15.9 Å². The zero-order chi connectivity index (χ0) is 26.4. The molecule has 0 fully saturated rings. The summed E-state index contributed by atoms with van der Waals surface area (Å²) in [6.45, 7) is 12.4. The minimum Gasteiger partial charge on any atom is -0.422 e. The number of rotatable bonds is 3. The number of ether oxygens (including phenoxy) is 2. The monoisotopic (exact) mass is 511 g/mol. The second kappa shape index (κ2) is 9.83. The van der Waals surface area contributed by atoms with Gasteiger partial charge in [0.15, 0.2) is 11.5 Å². The van der Waals surface area contributed by atoms with Gasteiger partial charge in [0, 0.05) is 19.0 Å². The lowest BCUT2D eigenvalue weighted by Crippen LogP contribution is -2.28. The third-order valence-electron chi connectivity index (χ3n) is 7.08. The van der Waals surface area contributed by atoms with Gasteiger partial charge in [-0.05, 0) is 108 Å². The van der Waals surface area contributed by atoms with Crippen molar-refractivity contribution in [3.05, 3.63) is 57.1 Å². The Bertz CT molecular complexity index is 1190. The maximum Gasteiger partial charge on any atom is 0.316 e. The number of fused-ring (bicyclic) bond motifs is 2. The van der Waals surface area contributed by atoms with Gasteiger partial charge in [-0.25, -0.2) is 0 Å². The van der Waals surface area contributed by atoms with E-state index in [4.69, 9.17) is 21.1 Å². The van der Waals surface area contributed by atoms with Crippen molar-refractivity contribution < 1.29 is 19.1 Å². The Balaban J connectivity index is 1.87. The smallest absolute Gasteiger partial charge is 0.316 e. The first-order chi connectivity index (χ1) is 16.8. The van der Waals surface area contributed by atoms with E-state index in [-0.39, 0.29) is 17.4 Å². The molecule has 1 atom stereocenters. The molecule has 1 aliphatic heterocycles. The van der Waals surface area contributed by atoms with Crippen LogP contribution in [0.2, 0.25) is 5.02 Å². The Morgan fingerprint density at radius 3 is 2.22 bits per heavy atom. The molecule has 0 saturated heterocycles. The highest BCUT2D eigenvalue weighted by Crippen LogP contribution is 2.46. The molecule has 0 radical (unpaired) electrons. The van der Waals surface area contributed by atoms with Gasteiger partial charge in [0.1, 0.15) is 0 Å². The largest absolute Gasteiger partial charge is 0.422 e. The number of hydrogen-bond acceptors (Lipinski definition) is 5. The molecule has 1 heterocycles. The summed E-state index contributed by atoms with van der Waals surface area (Å²) in [5.74, 6) is -0.461. The second-order valence-electron chi connectivity index (χ2n) is 12.3. The summed E-state index contributed by atoms with van der Waals surface area (Å²) in [6.07, 6.45) is 4.15. The molecule has 5 nitrogen and oxygen atoms in total. The molecule has 0 amide bonds. The highest BCUT2D eigenvalue weighted by atomic mass is 35.5. The van der Waals surface area contributed by atoms with Gasteiger partial charge < -0.3 is 14.4 Å². The number of esters is 2. The molecule has 0 bridgehead atoms. The van der Waals surface area contributed by atoms with Crippen molar-refractivity contribution in [3.8, 4) is 11.5 Å². The number of aryl methyl sites for hydroxylation is 2. The zero-order valence-corrected chi connectivity index (χ0v) is 23.3. The van der Waals surface area contributed by atoms with Crippen molar-refractivity contribution in [1.82, 2.24) is 4.90 Å². The average Bonchev–Trinajstić information content (AvgIpc) is 3.18. The van der Waals surface area contributed by atoms with Crippen LogP contribution in [0.1, 0.15) is 81.7 Å². The third kappa shape index (κ3) is 5.47. The van der Waals surface area contributed by atoms with Crippen LogP contribution in [-0.2, 0) is 28.9 Å². The van der Waals surface area contributed by atoms with Crippen LogP contribution in [0, 0.1) is 10.8 Å². The van der Waals surface area contributed by atoms with Crippen LogP contribution in [0.25, 0.3) is 0 Å². The molecule has 0 spiro atoms. The Hall–Kier alpha value is -2.37. The van der Waals surface area contributed by atoms with E-state index in [2.05, 4.69) is 30.1 Å². The highest BCUT2D eigenvalue weighted by Gasteiger charge is 2.34. The lowest BCUT2D eigenvalue weighted by atomic mass is 9.86. The van der Waals surface area contributed by atoms with Crippen LogP contribution in [0.4, 0.5) is 0 Å². The quantitative estimate of drug-likeness (QED) is 0.355. The van der Waals surface area contributed by atoms with Crippen molar-refractivity contribution in [1.29, 1.82) is 0 Å². The highest BCUT2D eigenvalue weighted by molar-refractivity contribution is 6.33. The number of likely N-dealkylation sites (N-methyl/N-ethyl adjacent to an activating group) is 1. The minimum absolute atomic E-state index is 0.0513. The predicted octanol–water partition coefficient (Wildman–Crippen LogP) is 6.35. The standard InChI is InChI=1S/C30H38ClNO4/c1-29(2,3)27(33)35-24-16-22-21(25(31)26(24)36-28(34)30(4,5)6)13-14-32(7)17-23(22)20-12-11-18-9-8-10-19(18)15-20/h11-12,15-16,23H,8-10,13-14,17H2,1-7H3. The van der Waals surface area contributed by atoms with Gasteiger partial charge in [-0.2, -0.15) is 0 Å². The molecule has 36 heavy (non-hydrogen) atoms. The third-order valence-corrected chi connectivity index (χ3v) is 7.48. The van der Waals surface area contributed by atoms with Crippen LogP contribution >= 0.6 is 11.6 Å².